The van der Waals surface area contributed by atoms with Crippen LogP contribution in [-0.2, 0) is 11.3 Å². The van der Waals surface area contributed by atoms with E-state index in [9.17, 15) is 9.59 Å². The Kier molecular flexibility index (Phi) is 5.73. The van der Waals surface area contributed by atoms with Gasteiger partial charge in [-0.25, -0.2) is 9.69 Å². The predicted octanol–water partition coefficient (Wildman–Crippen LogP) is 3.38. The molecule has 1 saturated heterocycles. The predicted molar refractivity (Wildman–Crippen MR) is 100 cm³/mol. The summed E-state index contributed by atoms with van der Waals surface area (Å²) in [4.78, 5) is 28.7. The van der Waals surface area contributed by atoms with E-state index in [1.807, 2.05) is 24.1 Å². The molecule has 1 aliphatic heterocycles. The number of carbonyl (C=O) groups is 2. The van der Waals surface area contributed by atoms with E-state index in [-0.39, 0.29) is 18.6 Å². The lowest BCUT2D eigenvalue weighted by molar-refractivity contribution is -0.133. The Bertz CT molecular complexity index is 687. The first-order valence-electron chi connectivity index (χ1n) is 9.10. The van der Waals surface area contributed by atoms with E-state index in [1.54, 1.807) is 13.2 Å². The molecule has 0 atom stereocenters. The van der Waals surface area contributed by atoms with Crippen molar-refractivity contribution in [3.8, 4) is 5.75 Å². The van der Waals surface area contributed by atoms with Crippen molar-refractivity contribution in [1.82, 2.24) is 15.1 Å². The van der Waals surface area contributed by atoms with E-state index in [0.29, 0.717) is 11.6 Å². The molecule has 3 rings (SSSR count). The third kappa shape index (κ3) is 3.81. The third-order valence-corrected chi connectivity index (χ3v) is 5.50. The van der Waals surface area contributed by atoms with Gasteiger partial charge in [0.15, 0.2) is 0 Å². The van der Waals surface area contributed by atoms with Crippen LogP contribution in [0.15, 0.2) is 18.2 Å². The van der Waals surface area contributed by atoms with Crippen LogP contribution in [0.1, 0.15) is 44.1 Å². The second kappa shape index (κ2) is 7.84. The van der Waals surface area contributed by atoms with E-state index in [2.05, 4.69) is 5.32 Å². The fourth-order valence-corrected chi connectivity index (χ4v) is 4.12. The van der Waals surface area contributed by atoms with E-state index >= 15 is 0 Å². The maximum atomic E-state index is 13.0. The number of imide groups is 1. The number of methoxy groups -OCH3 is 1. The molecule has 26 heavy (non-hydrogen) atoms. The van der Waals surface area contributed by atoms with Gasteiger partial charge >= 0.3 is 6.03 Å². The molecule has 0 bridgehead atoms. The molecule has 0 radical (unpaired) electrons. The van der Waals surface area contributed by atoms with Crippen molar-refractivity contribution in [3.05, 3.63) is 28.8 Å². The number of hydrogen-bond acceptors (Lipinski definition) is 4. The average Bonchev–Trinajstić information content (AvgIpc) is 2.77. The fraction of sp³-hybridized carbons (Fsp3) is 0.579. The van der Waals surface area contributed by atoms with Crippen LogP contribution in [0.2, 0.25) is 5.02 Å². The van der Waals surface area contributed by atoms with Crippen LogP contribution < -0.4 is 10.1 Å². The van der Waals surface area contributed by atoms with Gasteiger partial charge in [-0.1, -0.05) is 37.3 Å². The van der Waals surface area contributed by atoms with E-state index in [4.69, 9.17) is 16.3 Å². The Morgan fingerprint density at radius 3 is 2.58 bits per heavy atom. The summed E-state index contributed by atoms with van der Waals surface area (Å²) in [6, 6.07) is 5.15. The smallest absolute Gasteiger partial charge is 0.326 e. The van der Waals surface area contributed by atoms with Crippen molar-refractivity contribution in [3.63, 3.8) is 0 Å². The largest absolute Gasteiger partial charge is 0.496 e. The molecule has 1 aromatic carbocycles. The molecule has 1 N–H and O–H groups in total. The maximum Gasteiger partial charge on any atom is 0.326 e. The number of nitrogens with one attached hydrogen (secondary N) is 1. The topological polar surface area (TPSA) is 61.9 Å². The molecule has 2 aliphatic rings. The summed E-state index contributed by atoms with van der Waals surface area (Å²) in [5, 5.41) is 3.60. The van der Waals surface area contributed by atoms with Crippen LogP contribution in [0.4, 0.5) is 4.79 Å². The van der Waals surface area contributed by atoms with Crippen LogP contribution >= 0.6 is 11.6 Å². The number of ether oxygens (including phenoxy) is 1. The summed E-state index contributed by atoms with van der Waals surface area (Å²) < 4.78 is 5.37. The van der Waals surface area contributed by atoms with Gasteiger partial charge in [-0.3, -0.25) is 9.69 Å². The lowest BCUT2D eigenvalue weighted by atomic mass is 9.90. The molecule has 1 saturated carbocycles. The molecule has 1 spiro atoms. The minimum absolute atomic E-state index is 0.0886. The zero-order valence-corrected chi connectivity index (χ0v) is 16.1. The second-order valence-corrected chi connectivity index (χ2v) is 7.71. The Balaban J connectivity index is 1.69. The highest BCUT2D eigenvalue weighted by Gasteiger charge is 2.50. The van der Waals surface area contributed by atoms with Crippen LogP contribution in [0.25, 0.3) is 0 Å². The minimum atomic E-state index is -0.692. The Hall–Kier alpha value is -1.79. The molecule has 0 unspecified atom stereocenters. The number of hydrogen-bond donors (Lipinski definition) is 1. The molecule has 0 aromatic heterocycles. The average molecular weight is 380 g/mol. The quantitative estimate of drug-likeness (QED) is 0.796. The van der Waals surface area contributed by atoms with Crippen LogP contribution in [0.3, 0.4) is 0 Å². The summed E-state index contributed by atoms with van der Waals surface area (Å²) in [6.07, 6.45) is 5.68. The van der Waals surface area contributed by atoms with Gasteiger partial charge in [0.1, 0.15) is 11.3 Å². The highest BCUT2D eigenvalue weighted by Crippen LogP contribution is 2.33. The van der Waals surface area contributed by atoms with Crippen molar-refractivity contribution >= 4 is 23.5 Å². The highest BCUT2D eigenvalue weighted by atomic mass is 35.5. The summed E-state index contributed by atoms with van der Waals surface area (Å²) >= 11 is 6.08. The van der Waals surface area contributed by atoms with Gasteiger partial charge in [0, 0.05) is 17.1 Å². The van der Waals surface area contributed by atoms with Gasteiger partial charge in [-0.15, -0.1) is 0 Å². The van der Waals surface area contributed by atoms with Gasteiger partial charge < -0.3 is 10.1 Å². The molecule has 2 fully saturated rings. The molecule has 3 amide bonds. The summed E-state index contributed by atoms with van der Waals surface area (Å²) in [6.45, 7) is 0.760. The van der Waals surface area contributed by atoms with Gasteiger partial charge in [-0.05, 0) is 38.1 Å². The lowest BCUT2D eigenvalue weighted by Gasteiger charge is -2.26. The zero-order chi connectivity index (χ0) is 18.7. The van der Waals surface area contributed by atoms with Crippen molar-refractivity contribution in [1.29, 1.82) is 0 Å². The summed E-state index contributed by atoms with van der Waals surface area (Å²) in [7, 11) is 3.49. The Morgan fingerprint density at radius 2 is 1.92 bits per heavy atom. The Morgan fingerprint density at radius 1 is 1.23 bits per heavy atom. The first kappa shape index (κ1) is 19.0. The van der Waals surface area contributed by atoms with E-state index < -0.39 is 5.54 Å². The highest BCUT2D eigenvalue weighted by molar-refractivity contribution is 6.30. The first-order chi connectivity index (χ1) is 12.4. The van der Waals surface area contributed by atoms with Gasteiger partial charge in [0.25, 0.3) is 5.91 Å². The molecular formula is C19H26ClN3O3. The number of benzene rings is 1. The molecule has 7 heteroatoms. The lowest BCUT2D eigenvalue weighted by Crippen LogP contribution is -2.47. The van der Waals surface area contributed by atoms with Gasteiger partial charge in [-0.2, -0.15) is 0 Å². The number of carbonyl (C=O) groups excluding carboxylic acids is 2. The normalized spacial score (nSPS) is 19.8. The minimum Gasteiger partial charge on any atom is -0.496 e. The van der Waals surface area contributed by atoms with Crippen molar-refractivity contribution < 1.29 is 14.3 Å². The fourth-order valence-electron chi connectivity index (χ4n) is 3.93. The number of amides is 3. The molecule has 6 nitrogen and oxygen atoms in total. The molecule has 1 heterocycles. The van der Waals surface area contributed by atoms with Crippen LogP contribution in [-0.4, -0.2) is 48.1 Å². The monoisotopic (exact) mass is 379 g/mol. The first-order valence-corrected chi connectivity index (χ1v) is 9.48. The van der Waals surface area contributed by atoms with Gasteiger partial charge in [0.2, 0.25) is 0 Å². The SMILES string of the molecule is COc1ccc(Cl)cc1CN(C)CN1C(=O)NC2(CCCCCC2)C1=O. The van der Waals surface area contributed by atoms with Crippen molar-refractivity contribution in [2.75, 3.05) is 20.8 Å². The van der Waals surface area contributed by atoms with Gasteiger partial charge in [0.05, 0.1) is 13.8 Å². The molecule has 142 valence electrons. The number of urea groups is 1. The number of rotatable bonds is 5. The summed E-state index contributed by atoms with van der Waals surface area (Å²) in [5.41, 5.74) is 0.223. The van der Waals surface area contributed by atoms with E-state index in [0.717, 1.165) is 49.8 Å². The number of nitrogens with zero attached hydrogens (tertiary/aromatic N) is 2. The van der Waals surface area contributed by atoms with Crippen molar-refractivity contribution in [2.45, 2.75) is 50.6 Å². The van der Waals surface area contributed by atoms with E-state index in [1.165, 1.54) is 4.90 Å². The van der Waals surface area contributed by atoms with Crippen LogP contribution in [0.5, 0.6) is 5.75 Å². The zero-order valence-electron chi connectivity index (χ0n) is 15.4. The van der Waals surface area contributed by atoms with Crippen molar-refractivity contribution in [2.24, 2.45) is 0 Å². The molecule has 1 aromatic rings. The molecular weight excluding hydrogens is 354 g/mol. The standard InChI is InChI=1S/C19H26ClN3O3/c1-22(12-14-11-15(20)7-8-16(14)26-2)13-23-17(24)19(21-18(23)25)9-5-3-4-6-10-19/h7-8,11H,3-6,9-10,12-13H2,1-2H3,(H,21,25). The summed E-state index contributed by atoms with van der Waals surface area (Å²) in [5.74, 6) is 0.646. The molecule has 1 aliphatic carbocycles. The van der Waals surface area contributed by atoms with Crippen LogP contribution in [0, 0.1) is 0 Å². The number of halogens is 1. The maximum absolute atomic E-state index is 13.0. The third-order valence-electron chi connectivity index (χ3n) is 5.27. The second-order valence-electron chi connectivity index (χ2n) is 7.27. The Labute approximate surface area is 159 Å².